The van der Waals surface area contributed by atoms with E-state index in [1.165, 1.54) is 25.7 Å². The zero-order chi connectivity index (χ0) is 15.8. The minimum Gasteiger partial charge on any atom is -0.380 e. The van der Waals surface area contributed by atoms with Crippen molar-refractivity contribution in [2.45, 2.75) is 59.4 Å². The molecule has 0 saturated carbocycles. The van der Waals surface area contributed by atoms with Crippen LogP contribution < -0.4 is 5.32 Å². The Morgan fingerprint density at radius 3 is 2.00 bits per heavy atom. The molecule has 0 rings (SSSR count). The number of hydrogen-bond acceptors (Lipinski definition) is 4. The molecule has 0 aromatic carbocycles. The zero-order valence-corrected chi connectivity index (χ0v) is 14.8. The van der Waals surface area contributed by atoms with Crippen molar-refractivity contribution >= 4 is 0 Å². The van der Waals surface area contributed by atoms with Gasteiger partial charge in [-0.25, -0.2) is 0 Å². The summed E-state index contributed by atoms with van der Waals surface area (Å²) >= 11 is 0. The molecule has 0 fully saturated rings. The van der Waals surface area contributed by atoms with Crippen LogP contribution in [0.25, 0.3) is 0 Å². The first-order valence-electron chi connectivity index (χ1n) is 8.89. The van der Waals surface area contributed by atoms with Gasteiger partial charge in [-0.1, -0.05) is 13.8 Å². The summed E-state index contributed by atoms with van der Waals surface area (Å²) in [6.07, 6.45) is 4.94. The summed E-state index contributed by atoms with van der Waals surface area (Å²) in [5.41, 5.74) is 0. The predicted molar refractivity (Wildman–Crippen MR) is 91.0 cm³/mol. The number of nitrogens with zero attached hydrogens (tertiary/aromatic N) is 1. The van der Waals surface area contributed by atoms with E-state index >= 15 is 0 Å². The lowest BCUT2D eigenvalue weighted by molar-refractivity contribution is 0.0817. The van der Waals surface area contributed by atoms with Crippen LogP contribution in [0.2, 0.25) is 0 Å². The fraction of sp³-hybridized carbons (Fsp3) is 1.00. The Kier molecular flexibility index (Phi) is 16.1. The van der Waals surface area contributed by atoms with Crippen LogP contribution in [-0.2, 0) is 9.47 Å². The number of nitrogens with one attached hydrogen (secondary N) is 1. The lowest BCUT2D eigenvalue weighted by Gasteiger charge is -2.23. The number of hydrogen-bond donors (Lipinski definition) is 1. The average molecular weight is 303 g/mol. The molecule has 0 saturated heterocycles. The van der Waals surface area contributed by atoms with E-state index in [2.05, 4.69) is 37.9 Å². The van der Waals surface area contributed by atoms with Gasteiger partial charge in [-0.2, -0.15) is 0 Å². The van der Waals surface area contributed by atoms with Gasteiger partial charge in [0.1, 0.15) is 0 Å². The molecule has 4 heteroatoms. The van der Waals surface area contributed by atoms with Gasteiger partial charge < -0.3 is 14.8 Å². The highest BCUT2D eigenvalue weighted by Crippen LogP contribution is 2.04. The third kappa shape index (κ3) is 13.2. The van der Waals surface area contributed by atoms with E-state index in [0.717, 1.165) is 52.6 Å². The summed E-state index contributed by atoms with van der Waals surface area (Å²) < 4.78 is 11.0. The Labute approximate surface area is 132 Å². The fourth-order valence-corrected chi connectivity index (χ4v) is 2.37. The summed E-state index contributed by atoms with van der Waals surface area (Å²) in [6.45, 7) is 16.2. The summed E-state index contributed by atoms with van der Waals surface area (Å²) in [4.78, 5) is 2.47. The molecule has 0 bridgehead atoms. The molecule has 1 atom stereocenters. The molecule has 0 aliphatic carbocycles. The summed E-state index contributed by atoms with van der Waals surface area (Å²) in [7, 11) is 0. The largest absolute Gasteiger partial charge is 0.380 e. The third-order valence-electron chi connectivity index (χ3n) is 3.71. The molecular formula is C17H38N2O2. The van der Waals surface area contributed by atoms with Crippen molar-refractivity contribution in [3.05, 3.63) is 0 Å². The molecule has 0 radical (unpaired) electrons. The first kappa shape index (κ1) is 20.8. The highest BCUT2D eigenvalue weighted by molar-refractivity contribution is 4.66. The number of ether oxygens (including phenoxy) is 2. The molecule has 0 spiro atoms. The highest BCUT2D eigenvalue weighted by Gasteiger charge is 2.08. The SMILES string of the molecule is CCCNC(CC)CCCN(CCOCC)CCOCC. The van der Waals surface area contributed by atoms with Crippen LogP contribution in [-0.4, -0.2) is 63.5 Å². The zero-order valence-electron chi connectivity index (χ0n) is 14.8. The molecule has 128 valence electrons. The molecule has 0 heterocycles. The standard InChI is InChI=1S/C17H38N2O2/c1-5-11-18-17(6-2)10-9-12-19(13-15-20-7-3)14-16-21-8-4/h17-18H,5-16H2,1-4H3. The Morgan fingerprint density at radius 2 is 1.52 bits per heavy atom. The van der Waals surface area contributed by atoms with Crippen molar-refractivity contribution in [1.29, 1.82) is 0 Å². The van der Waals surface area contributed by atoms with E-state index in [0.29, 0.717) is 6.04 Å². The van der Waals surface area contributed by atoms with Crippen LogP contribution in [0.5, 0.6) is 0 Å². The van der Waals surface area contributed by atoms with E-state index in [-0.39, 0.29) is 0 Å². The highest BCUT2D eigenvalue weighted by atomic mass is 16.5. The first-order valence-corrected chi connectivity index (χ1v) is 8.89. The quantitative estimate of drug-likeness (QED) is 0.445. The molecule has 0 amide bonds. The molecule has 0 aliphatic rings. The molecule has 0 aromatic heterocycles. The van der Waals surface area contributed by atoms with E-state index in [1.54, 1.807) is 0 Å². The van der Waals surface area contributed by atoms with Crippen LogP contribution in [0.3, 0.4) is 0 Å². The van der Waals surface area contributed by atoms with Gasteiger partial charge in [0.15, 0.2) is 0 Å². The monoisotopic (exact) mass is 302 g/mol. The Bertz CT molecular complexity index is 193. The Hall–Kier alpha value is -0.160. The van der Waals surface area contributed by atoms with E-state index in [1.807, 2.05) is 0 Å². The van der Waals surface area contributed by atoms with Crippen molar-refractivity contribution in [1.82, 2.24) is 10.2 Å². The van der Waals surface area contributed by atoms with Crippen LogP contribution in [0.4, 0.5) is 0 Å². The summed E-state index contributed by atoms with van der Waals surface area (Å²) in [6, 6.07) is 0.672. The third-order valence-corrected chi connectivity index (χ3v) is 3.71. The normalized spacial score (nSPS) is 13.0. The predicted octanol–water partition coefficient (Wildman–Crippen LogP) is 2.92. The first-order chi connectivity index (χ1) is 10.3. The van der Waals surface area contributed by atoms with Gasteiger partial charge in [0, 0.05) is 32.3 Å². The maximum Gasteiger partial charge on any atom is 0.0593 e. The van der Waals surface area contributed by atoms with E-state index in [9.17, 15) is 0 Å². The second-order valence-corrected chi connectivity index (χ2v) is 5.44. The molecule has 1 N–H and O–H groups in total. The van der Waals surface area contributed by atoms with Crippen molar-refractivity contribution < 1.29 is 9.47 Å². The van der Waals surface area contributed by atoms with Gasteiger partial charge in [-0.3, -0.25) is 4.90 Å². The van der Waals surface area contributed by atoms with Gasteiger partial charge in [0.25, 0.3) is 0 Å². The molecule has 1 unspecified atom stereocenters. The lowest BCUT2D eigenvalue weighted by atomic mass is 10.1. The van der Waals surface area contributed by atoms with Crippen molar-refractivity contribution in [2.75, 3.05) is 52.6 Å². The topological polar surface area (TPSA) is 33.7 Å². The van der Waals surface area contributed by atoms with E-state index < -0.39 is 0 Å². The maximum atomic E-state index is 5.48. The van der Waals surface area contributed by atoms with Crippen LogP contribution in [0.15, 0.2) is 0 Å². The second-order valence-electron chi connectivity index (χ2n) is 5.44. The maximum absolute atomic E-state index is 5.48. The summed E-state index contributed by atoms with van der Waals surface area (Å²) in [5, 5.41) is 3.63. The minimum atomic E-state index is 0.672. The minimum absolute atomic E-state index is 0.672. The average Bonchev–Trinajstić information content (AvgIpc) is 2.50. The van der Waals surface area contributed by atoms with Gasteiger partial charge in [0.05, 0.1) is 13.2 Å². The van der Waals surface area contributed by atoms with Gasteiger partial charge in [-0.15, -0.1) is 0 Å². The van der Waals surface area contributed by atoms with Crippen molar-refractivity contribution in [3.8, 4) is 0 Å². The molecule has 4 nitrogen and oxygen atoms in total. The van der Waals surface area contributed by atoms with Crippen LogP contribution in [0, 0.1) is 0 Å². The van der Waals surface area contributed by atoms with Crippen molar-refractivity contribution in [2.24, 2.45) is 0 Å². The number of rotatable bonds is 16. The Morgan fingerprint density at radius 1 is 0.905 bits per heavy atom. The van der Waals surface area contributed by atoms with Crippen LogP contribution >= 0.6 is 0 Å². The lowest BCUT2D eigenvalue weighted by Crippen LogP contribution is -2.34. The van der Waals surface area contributed by atoms with E-state index in [4.69, 9.17) is 9.47 Å². The smallest absolute Gasteiger partial charge is 0.0593 e. The second kappa shape index (κ2) is 16.2. The Balaban J connectivity index is 3.89. The van der Waals surface area contributed by atoms with Crippen molar-refractivity contribution in [3.63, 3.8) is 0 Å². The van der Waals surface area contributed by atoms with Crippen LogP contribution in [0.1, 0.15) is 53.4 Å². The van der Waals surface area contributed by atoms with Gasteiger partial charge in [0.2, 0.25) is 0 Å². The molecule has 0 aromatic rings. The summed E-state index contributed by atoms with van der Waals surface area (Å²) in [5.74, 6) is 0. The molecular weight excluding hydrogens is 264 g/mol. The fourth-order valence-electron chi connectivity index (χ4n) is 2.37. The molecule has 0 aliphatic heterocycles. The van der Waals surface area contributed by atoms with Gasteiger partial charge >= 0.3 is 0 Å². The van der Waals surface area contributed by atoms with Gasteiger partial charge in [-0.05, 0) is 52.6 Å². The molecule has 21 heavy (non-hydrogen) atoms.